The fraction of sp³-hybridized carbons (Fsp3) is 0.333. The molecule has 0 unspecified atom stereocenters. The van der Waals surface area contributed by atoms with E-state index in [0.29, 0.717) is 17.9 Å². The van der Waals surface area contributed by atoms with Crippen molar-refractivity contribution in [1.29, 1.82) is 0 Å². The molecule has 1 atom stereocenters. The fourth-order valence-corrected chi connectivity index (χ4v) is 1.09. The number of rotatable bonds is 3. The average Bonchev–Trinajstić information content (AvgIpc) is 2.16. The number of nitrogens with two attached hydrogens (primary N) is 2. The Morgan fingerprint density at radius 2 is 2.23 bits per heavy atom. The van der Waals surface area contributed by atoms with Gasteiger partial charge in [-0.1, -0.05) is 6.07 Å². The highest BCUT2D eigenvalue weighted by Gasteiger charge is 2.09. The van der Waals surface area contributed by atoms with Crippen molar-refractivity contribution in [2.45, 2.75) is 6.04 Å². The van der Waals surface area contributed by atoms with E-state index in [9.17, 15) is 5.11 Å². The summed E-state index contributed by atoms with van der Waals surface area (Å²) in [6, 6.07) is 4.65. The lowest BCUT2D eigenvalue weighted by molar-refractivity contribution is 0.405. The molecule has 0 aliphatic rings. The summed E-state index contributed by atoms with van der Waals surface area (Å²) >= 11 is 0. The second kappa shape index (κ2) is 4.11. The SMILES string of the molecule is COc1ccc([C@@H](N)CN)c(O)c1. The van der Waals surface area contributed by atoms with E-state index in [1.54, 1.807) is 12.1 Å². The summed E-state index contributed by atoms with van der Waals surface area (Å²) < 4.78 is 4.93. The van der Waals surface area contributed by atoms with Crippen LogP contribution in [0.1, 0.15) is 11.6 Å². The van der Waals surface area contributed by atoms with Crippen molar-refractivity contribution >= 4 is 0 Å². The van der Waals surface area contributed by atoms with Crippen LogP contribution in [0, 0.1) is 0 Å². The van der Waals surface area contributed by atoms with Crippen LogP contribution in [0.25, 0.3) is 0 Å². The van der Waals surface area contributed by atoms with Crippen LogP contribution in [0.4, 0.5) is 0 Å². The minimum Gasteiger partial charge on any atom is -0.507 e. The molecule has 0 saturated carbocycles. The van der Waals surface area contributed by atoms with Gasteiger partial charge in [0.05, 0.1) is 7.11 Å². The first-order valence-electron chi connectivity index (χ1n) is 4.01. The predicted octanol–water partition coefficient (Wildman–Crippen LogP) is 0.359. The minimum absolute atomic E-state index is 0.123. The normalized spacial score (nSPS) is 12.5. The molecule has 72 valence electrons. The number of methoxy groups -OCH3 is 1. The van der Waals surface area contributed by atoms with Crippen molar-refractivity contribution < 1.29 is 9.84 Å². The maximum absolute atomic E-state index is 9.51. The third kappa shape index (κ3) is 2.11. The van der Waals surface area contributed by atoms with Crippen LogP contribution < -0.4 is 16.2 Å². The molecule has 1 aromatic rings. The molecule has 1 aromatic carbocycles. The van der Waals surface area contributed by atoms with Crippen LogP contribution in [0.2, 0.25) is 0 Å². The van der Waals surface area contributed by atoms with Crippen LogP contribution in [0.15, 0.2) is 18.2 Å². The second-order valence-electron chi connectivity index (χ2n) is 2.77. The molecule has 0 fully saturated rings. The highest BCUT2D eigenvalue weighted by molar-refractivity contribution is 5.41. The third-order valence-corrected chi connectivity index (χ3v) is 1.89. The summed E-state index contributed by atoms with van der Waals surface area (Å²) in [4.78, 5) is 0. The Balaban J connectivity index is 2.98. The van der Waals surface area contributed by atoms with Crippen LogP contribution in [0.5, 0.6) is 11.5 Å². The van der Waals surface area contributed by atoms with Gasteiger partial charge >= 0.3 is 0 Å². The van der Waals surface area contributed by atoms with Crippen molar-refractivity contribution in [2.24, 2.45) is 11.5 Å². The van der Waals surface area contributed by atoms with E-state index in [-0.39, 0.29) is 11.8 Å². The quantitative estimate of drug-likeness (QED) is 0.630. The van der Waals surface area contributed by atoms with Gasteiger partial charge in [0.1, 0.15) is 11.5 Å². The number of ether oxygens (including phenoxy) is 1. The minimum atomic E-state index is -0.328. The molecular formula is C9H14N2O2. The van der Waals surface area contributed by atoms with E-state index < -0.39 is 0 Å². The van der Waals surface area contributed by atoms with Crippen molar-refractivity contribution in [2.75, 3.05) is 13.7 Å². The summed E-state index contributed by atoms with van der Waals surface area (Å²) in [7, 11) is 1.54. The Bertz CT molecular complexity index is 289. The largest absolute Gasteiger partial charge is 0.507 e. The molecule has 0 radical (unpaired) electrons. The van der Waals surface area contributed by atoms with Crippen molar-refractivity contribution in [1.82, 2.24) is 0 Å². The van der Waals surface area contributed by atoms with Crippen LogP contribution >= 0.6 is 0 Å². The highest BCUT2D eigenvalue weighted by Crippen LogP contribution is 2.26. The van der Waals surface area contributed by atoms with Crippen molar-refractivity contribution in [3.05, 3.63) is 23.8 Å². The van der Waals surface area contributed by atoms with Gasteiger partial charge in [0.2, 0.25) is 0 Å². The van der Waals surface area contributed by atoms with Gasteiger partial charge < -0.3 is 21.3 Å². The summed E-state index contributed by atoms with van der Waals surface area (Å²) in [6.07, 6.45) is 0. The zero-order valence-corrected chi connectivity index (χ0v) is 7.53. The van der Waals surface area contributed by atoms with Crippen LogP contribution in [-0.4, -0.2) is 18.8 Å². The standard InChI is InChI=1S/C9H14N2O2/c1-13-6-2-3-7(8(11)5-10)9(12)4-6/h2-4,8,12H,5,10-11H2,1H3/t8-/m0/s1. The van der Waals surface area contributed by atoms with E-state index in [0.717, 1.165) is 0 Å². The Labute approximate surface area is 77.1 Å². The van der Waals surface area contributed by atoms with Gasteiger partial charge in [-0.15, -0.1) is 0 Å². The molecule has 0 spiro atoms. The summed E-state index contributed by atoms with van der Waals surface area (Å²) in [5.74, 6) is 0.725. The van der Waals surface area contributed by atoms with Gasteiger partial charge in [-0.25, -0.2) is 0 Å². The Kier molecular flexibility index (Phi) is 3.11. The van der Waals surface area contributed by atoms with E-state index >= 15 is 0 Å². The molecule has 0 saturated heterocycles. The van der Waals surface area contributed by atoms with E-state index in [1.165, 1.54) is 13.2 Å². The van der Waals surface area contributed by atoms with Crippen LogP contribution in [0.3, 0.4) is 0 Å². The lowest BCUT2D eigenvalue weighted by atomic mass is 10.1. The molecule has 0 aliphatic carbocycles. The highest BCUT2D eigenvalue weighted by atomic mass is 16.5. The number of hydrogen-bond donors (Lipinski definition) is 3. The van der Waals surface area contributed by atoms with Gasteiger partial charge in [-0.3, -0.25) is 0 Å². The van der Waals surface area contributed by atoms with Gasteiger partial charge in [-0.05, 0) is 6.07 Å². The zero-order valence-electron chi connectivity index (χ0n) is 7.53. The molecular weight excluding hydrogens is 168 g/mol. The van der Waals surface area contributed by atoms with Crippen molar-refractivity contribution in [3.63, 3.8) is 0 Å². The number of hydrogen-bond acceptors (Lipinski definition) is 4. The first-order valence-corrected chi connectivity index (χ1v) is 4.01. The van der Waals surface area contributed by atoms with Gasteiger partial charge in [0.25, 0.3) is 0 Å². The van der Waals surface area contributed by atoms with Gasteiger partial charge in [0, 0.05) is 24.2 Å². The molecule has 1 rings (SSSR count). The smallest absolute Gasteiger partial charge is 0.124 e. The molecule has 0 amide bonds. The zero-order chi connectivity index (χ0) is 9.84. The van der Waals surface area contributed by atoms with Gasteiger partial charge in [-0.2, -0.15) is 0 Å². The Hall–Kier alpha value is -1.26. The molecule has 13 heavy (non-hydrogen) atoms. The summed E-state index contributed by atoms with van der Waals surface area (Å²) in [6.45, 7) is 0.305. The summed E-state index contributed by atoms with van der Waals surface area (Å²) in [5.41, 5.74) is 11.7. The molecule has 0 bridgehead atoms. The maximum atomic E-state index is 9.51. The van der Waals surface area contributed by atoms with E-state index in [2.05, 4.69) is 0 Å². The molecule has 4 nitrogen and oxygen atoms in total. The molecule has 0 heterocycles. The summed E-state index contributed by atoms with van der Waals surface area (Å²) in [5, 5.41) is 9.51. The van der Waals surface area contributed by atoms with Crippen LogP contribution in [-0.2, 0) is 0 Å². The van der Waals surface area contributed by atoms with E-state index in [1.807, 2.05) is 0 Å². The Morgan fingerprint density at radius 3 is 2.69 bits per heavy atom. The average molecular weight is 182 g/mol. The molecule has 5 N–H and O–H groups in total. The molecule has 0 aliphatic heterocycles. The maximum Gasteiger partial charge on any atom is 0.124 e. The number of phenolic OH excluding ortho intramolecular Hbond substituents is 1. The third-order valence-electron chi connectivity index (χ3n) is 1.89. The molecule has 0 aromatic heterocycles. The number of benzene rings is 1. The number of aromatic hydroxyl groups is 1. The second-order valence-corrected chi connectivity index (χ2v) is 2.77. The first-order chi connectivity index (χ1) is 6.19. The fourth-order valence-electron chi connectivity index (χ4n) is 1.09. The van der Waals surface area contributed by atoms with Crippen molar-refractivity contribution in [3.8, 4) is 11.5 Å². The lowest BCUT2D eigenvalue weighted by Crippen LogP contribution is -2.20. The van der Waals surface area contributed by atoms with E-state index in [4.69, 9.17) is 16.2 Å². The van der Waals surface area contributed by atoms with Gasteiger partial charge in [0.15, 0.2) is 0 Å². The first kappa shape index (κ1) is 9.83. The Morgan fingerprint density at radius 1 is 1.54 bits per heavy atom. The number of phenols is 1. The molecule has 4 heteroatoms. The lowest BCUT2D eigenvalue weighted by Gasteiger charge is -2.11. The topological polar surface area (TPSA) is 81.5 Å². The monoisotopic (exact) mass is 182 g/mol. The predicted molar refractivity (Wildman–Crippen MR) is 50.6 cm³/mol.